The Morgan fingerprint density at radius 1 is 0.780 bits per heavy atom. The zero-order valence-corrected chi connectivity index (χ0v) is 23.3. The molecule has 1 amide bonds. The third-order valence-corrected chi connectivity index (χ3v) is 7.60. The van der Waals surface area contributed by atoms with Crippen LogP contribution in [0.3, 0.4) is 0 Å². The fraction of sp³-hybridized carbons (Fsp3) is 0.200. The second-order valence-electron chi connectivity index (χ2n) is 10.3. The lowest BCUT2D eigenvalue weighted by molar-refractivity contribution is 0.0714. The molecule has 2 heterocycles. The van der Waals surface area contributed by atoms with Gasteiger partial charge in [-0.05, 0) is 72.9 Å². The molecule has 0 fully saturated rings. The van der Waals surface area contributed by atoms with Gasteiger partial charge in [0.05, 0.1) is 23.6 Å². The Hall–Kier alpha value is -4.84. The number of rotatable bonds is 8. The third kappa shape index (κ3) is 4.97. The van der Waals surface area contributed by atoms with Gasteiger partial charge in [0.2, 0.25) is 5.76 Å². The number of nitrogens with zero attached hydrogens (tertiary/aromatic N) is 1. The summed E-state index contributed by atoms with van der Waals surface area (Å²) < 4.78 is 18.3. The van der Waals surface area contributed by atoms with E-state index in [-0.39, 0.29) is 17.1 Å². The van der Waals surface area contributed by atoms with Crippen LogP contribution in [-0.2, 0) is 13.2 Å². The predicted octanol–water partition coefficient (Wildman–Crippen LogP) is 7.13. The van der Waals surface area contributed by atoms with Crippen molar-refractivity contribution >= 4 is 16.9 Å². The highest BCUT2D eigenvalue weighted by Gasteiger charge is 2.43. The third-order valence-electron chi connectivity index (χ3n) is 7.60. The minimum atomic E-state index is -0.651. The molecule has 6 rings (SSSR count). The van der Waals surface area contributed by atoms with Gasteiger partial charge in [-0.25, -0.2) is 0 Å². The highest BCUT2D eigenvalue weighted by molar-refractivity contribution is 5.99. The van der Waals surface area contributed by atoms with E-state index in [9.17, 15) is 9.59 Å². The van der Waals surface area contributed by atoms with Crippen LogP contribution >= 0.6 is 0 Å². The van der Waals surface area contributed by atoms with Gasteiger partial charge in [0.1, 0.15) is 12.2 Å². The molecule has 6 heteroatoms. The van der Waals surface area contributed by atoms with Crippen molar-refractivity contribution in [3.05, 3.63) is 140 Å². The fourth-order valence-corrected chi connectivity index (χ4v) is 5.38. The van der Waals surface area contributed by atoms with E-state index < -0.39 is 6.04 Å². The van der Waals surface area contributed by atoms with Gasteiger partial charge in [0.25, 0.3) is 5.91 Å². The highest BCUT2D eigenvalue weighted by Crippen LogP contribution is 2.42. The standard InChI is InChI=1S/C35H31NO5/c1-4-39-30-19-26(15-16-28(30)40-21-25-13-9-6-10-14-25)32-31-33(37)27-17-22(2)23(3)18-29(27)41-34(31)35(38)36(32)20-24-11-7-5-8-12-24/h5-19,32H,4,20-21H2,1-3H3. The first-order valence-electron chi connectivity index (χ1n) is 13.8. The van der Waals surface area contributed by atoms with Gasteiger partial charge < -0.3 is 18.8 Å². The molecule has 1 aliphatic heterocycles. The number of benzene rings is 4. The van der Waals surface area contributed by atoms with E-state index in [1.54, 1.807) is 4.90 Å². The van der Waals surface area contributed by atoms with Crippen molar-refractivity contribution in [2.45, 2.75) is 40.0 Å². The van der Waals surface area contributed by atoms with E-state index in [0.29, 0.717) is 47.8 Å². The molecular formula is C35H31NO5. The summed E-state index contributed by atoms with van der Waals surface area (Å²) in [6, 6.07) is 28.3. The van der Waals surface area contributed by atoms with Gasteiger partial charge >= 0.3 is 0 Å². The maximum absolute atomic E-state index is 14.1. The normalized spacial score (nSPS) is 14.4. The molecule has 4 aromatic carbocycles. The van der Waals surface area contributed by atoms with Gasteiger partial charge in [0.15, 0.2) is 16.9 Å². The molecular weight excluding hydrogens is 514 g/mol. The molecule has 1 aliphatic rings. The van der Waals surface area contributed by atoms with Crippen LogP contribution in [0.25, 0.3) is 11.0 Å². The lowest BCUT2D eigenvalue weighted by Crippen LogP contribution is -2.29. The Labute approximate surface area is 238 Å². The van der Waals surface area contributed by atoms with Crippen LogP contribution in [0.1, 0.15) is 56.9 Å². The average Bonchev–Trinajstić information content (AvgIpc) is 3.26. The second kappa shape index (κ2) is 11.0. The maximum Gasteiger partial charge on any atom is 0.291 e. The van der Waals surface area contributed by atoms with E-state index in [0.717, 1.165) is 27.8 Å². The predicted molar refractivity (Wildman–Crippen MR) is 159 cm³/mol. The van der Waals surface area contributed by atoms with E-state index in [2.05, 4.69) is 0 Å². The average molecular weight is 546 g/mol. The van der Waals surface area contributed by atoms with Crippen LogP contribution < -0.4 is 14.9 Å². The molecule has 0 saturated heterocycles. The molecule has 0 spiro atoms. The number of amides is 1. The Kier molecular flexibility index (Phi) is 7.06. The van der Waals surface area contributed by atoms with Crippen molar-refractivity contribution in [2.75, 3.05) is 6.61 Å². The number of carbonyl (C=O) groups is 1. The van der Waals surface area contributed by atoms with E-state index in [1.165, 1.54) is 0 Å². The van der Waals surface area contributed by atoms with Crippen molar-refractivity contribution in [1.29, 1.82) is 0 Å². The molecule has 0 radical (unpaired) electrons. The molecule has 1 atom stereocenters. The van der Waals surface area contributed by atoms with Crippen LogP contribution in [0, 0.1) is 13.8 Å². The van der Waals surface area contributed by atoms with Crippen molar-refractivity contribution in [1.82, 2.24) is 4.90 Å². The van der Waals surface area contributed by atoms with Crippen LogP contribution in [0.4, 0.5) is 0 Å². The summed E-state index contributed by atoms with van der Waals surface area (Å²) in [4.78, 5) is 29.7. The minimum Gasteiger partial charge on any atom is -0.490 e. The number of aryl methyl sites for hydroxylation is 2. The smallest absolute Gasteiger partial charge is 0.291 e. The van der Waals surface area contributed by atoms with Gasteiger partial charge in [-0.15, -0.1) is 0 Å². The van der Waals surface area contributed by atoms with Crippen LogP contribution in [0.5, 0.6) is 11.5 Å². The Bertz CT molecular complexity index is 1790. The zero-order chi connectivity index (χ0) is 28.5. The summed E-state index contributed by atoms with van der Waals surface area (Å²) in [5.41, 5.74) is 5.31. The second-order valence-corrected chi connectivity index (χ2v) is 10.3. The summed E-state index contributed by atoms with van der Waals surface area (Å²) in [6.45, 7) is 6.98. The molecule has 0 bridgehead atoms. The number of hydrogen-bond donors (Lipinski definition) is 0. The zero-order valence-electron chi connectivity index (χ0n) is 23.3. The quantitative estimate of drug-likeness (QED) is 0.207. The van der Waals surface area contributed by atoms with Gasteiger partial charge in [-0.2, -0.15) is 0 Å². The van der Waals surface area contributed by atoms with Gasteiger partial charge in [-0.1, -0.05) is 66.7 Å². The Morgan fingerprint density at radius 2 is 1.46 bits per heavy atom. The molecule has 0 saturated carbocycles. The first-order valence-corrected chi connectivity index (χ1v) is 13.8. The molecule has 5 aromatic rings. The van der Waals surface area contributed by atoms with Gasteiger partial charge in [-0.3, -0.25) is 9.59 Å². The summed E-state index contributed by atoms with van der Waals surface area (Å²) in [7, 11) is 0. The molecule has 0 N–H and O–H groups in total. The molecule has 41 heavy (non-hydrogen) atoms. The maximum atomic E-state index is 14.1. The van der Waals surface area contributed by atoms with Crippen LogP contribution in [0.2, 0.25) is 0 Å². The largest absolute Gasteiger partial charge is 0.490 e. The summed E-state index contributed by atoms with van der Waals surface area (Å²) in [6.07, 6.45) is 0. The summed E-state index contributed by atoms with van der Waals surface area (Å²) in [5, 5.41) is 0.471. The van der Waals surface area contributed by atoms with Crippen molar-refractivity contribution in [2.24, 2.45) is 0 Å². The van der Waals surface area contributed by atoms with Crippen LogP contribution in [-0.4, -0.2) is 17.4 Å². The van der Waals surface area contributed by atoms with Gasteiger partial charge in [0, 0.05) is 6.54 Å². The number of fused-ring (bicyclic) bond motifs is 2. The molecule has 1 unspecified atom stereocenters. The number of ether oxygens (including phenoxy) is 2. The molecule has 0 aliphatic carbocycles. The summed E-state index contributed by atoms with van der Waals surface area (Å²) >= 11 is 0. The van der Waals surface area contributed by atoms with E-state index in [4.69, 9.17) is 13.9 Å². The monoisotopic (exact) mass is 545 g/mol. The minimum absolute atomic E-state index is 0.0917. The Balaban J connectivity index is 1.47. The Morgan fingerprint density at radius 3 is 2.17 bits per heavy atom. The van der Waals surface area contributed by atoms with E-state index in [1.807, 2.05) is 112 Å². The SMILES string of the molecule is CCOc1cc(C2c3c(oc4cc(C)c(C)cc4c3=O)C(=O)N2Cc2ccccc2)ccc1OCc1ccccc1. The lowest BCUT2D eigenvalue weighted by atomic mass is 9.97. The highest BCUT2D eigenvalue weighted by atomic mass is 16.5. The van der Waals surface area contributed by atoms with Crippen molar-refractivity contribution in [3.8, 4) is 11.5 Å². The fourth-order valence-electron chi connectivity index (χ4n) is 5.38. The molecule has 6 nitrogen and oxygen atoms in total. The molecule has 206 valence electrons. The topological polar surface area (TPSA) is 69.0 Å². The van der Waals surface area contributed by atoms with Crippen molar-refractivity contribution in [3.63, 3.8) is 0 Å². The first kappa shape index (κ1) is 26.4. The van der Waals surface area contributed by atoms with Crippen LogP contribution in [0.15, 0.2) is 100 Å². The lowest BCUT2D eigenvalue weighted by Gasteiger charge is -2.26. The van der Waals surface area contributed by atoms with Crippen molar-refractivity contribution < 1.29 is 18.7 Å². The first-order chi connectivity index (χ1) is 19.9. The number of hydrogen-bond acceptors (Lipinski definition) is 5. The number of carbonyl (C=O) groups excluding carboxylic acids is 1. The summed E-state index contributed by atoms with van der Waals surface area (Å²) in [5.74, 6) is 0.927. The van der Waals surface area contributed by atoms with E-state index >= 15 is 0 Å². The molecule has 1 aromatic heterocycles.